The van der Waals surface area contributed by atoms with E-state index in [9.17, 15) is 18.0 Å². The van der Waals surface area contributed by atoms with Crippen LogP contribution in [0.3, 0.4) is 0 Å². The van der Waals surface area contributed by atoms with Crippen molar-refractivity contribution in [1.29, 1.82) is 0 Å². The molecule has 1 aliphatic carbocycles. The second-order valence-corrected chi connectivity index (χ2v) is 7.85. The number of halogens is 3. The van der Waals surface area contributed by atoms with Crippen LogP contribution in [0.2, 0.25) is 0 Å². The fourth-order valence-corrected chi connectivity index (χ4v) is 4.50. The predicted octanol–water partition coefficient (Wildman–Crippen LogP) is 4.55. The molecule has 0 aromatic carbocycles. The summed E-state index contributed by atoms with van der Waals surface area (Å²) in [6.45, 7) is 2.42. The van der Waals surface area contributed by atoms with E-state index in [1.807, 2.05) is 4.90 Å². The standard InChI is InChI=1S/C20H25F3N4O/c1-2-14-11-17(20(21,22)23)27-18(24-14)12-15(25-27)16-9-5-6-10-26(16)19(28)13-7-3-4-8-13/h11-13,16H,2-10H2,1H3/t16-/m0/s1. The molecule has 8 heteroatoms. The summed E-state index contributed by atoms with van der Waals surface area (Å²) in [5.41, 5.74) is 0.275. The molecule has 1 atom stereocenters. The van der Waals surface area contributed by atoms with Crippen molar-refractivity contribution in [3.8, 4) is 0 Å². The van der Waals surface area contributed by atoms with Crippen LogP contribution in [-0.2, 0) is 17.4 Å². The lowest BCUT2D eigenvalue weighted by atomic mass is 9.96. The van der Waals surface area contributed by atoms with Crippen molar-refractivity contribution in [3.05, 3.63) is 29.2 Å². The van der Waals surface area contributed by atoms with Crippen LogP contribution in [0.4, 0.5) is 13.2 Å². The van der Waals surface area contributed by atoms with Crippen LogP contribution >= 0.6 is 0 Å². The van der Waals surface area contributed by atoms with Gasteiger partial charge in [-0.3, -0.25) is 4.79 Å². The number of likely N-dealkylation sites (tertiary alicyclic amines) is 1. The number of hydrogen-bond donors (Lipinski definition) is 0. The van der Waals surface area contributed by atoms with E-state index >= 15 is 0 Å². The molecule has 1 amide bonds. The highest BCUT2D eigenvalue weighted by atomic mass is 19.4. The average Bonchev–Trinajstić information content (AvgIpc) is 3.35. The summed E-state index contributed by atoms with van der Waals surface area (Å²) < 4.78 is 41.5. The van der Waals surface area contributed by atoms with Gasteiger partial charge in [0.1, 0.15) is 5.69 Å². The van der Waals surface area contributed by atoms with Crippen LogP contribution in [0.25, 0.3) is 5.65 Å². The Bertz CT molecular complexity index is 870. The van der Waals surface area contributed by atoms with Crippen LogP contribution in [0, 0.1) is 5.92 Å². The zero-order valence-corrected chi connectivity index (χ0v) is 16.0. The second kappa shape index (κ2) is 7.37. The Morgan fingerprint density at radius 3 is 2.54 bits per heavy atom. The molecule has 0 radical (unpaired) electrons. The van der Waals surface area contributed by atoms with Crippen molar-refractivity contribution in [1.82, 2.24) is 19.5 Å². The van der Waals surface area contributed by atoms with Crippen LogP contribution in [0.1, 0.15) is 75.0 Å². The molecule has 0 spiro atoms. The number of amides is 1. The van der Waals surface area contributed by atoms with Gasteiger partial charge in [-0.05, 0) is 44.6 Å². The number of carbonyl (C=O) groups is 1. The van der Waals surface area contributed by atoms with Gasteiger partial charge < -0.3 is 4.90 Å². The van der Waals surface area contributed by atoms with Crippen LogP contribution in [-0.4, -0.2) is 31.9 Å². The van der Waals surface area contributed by atoms with Gasteiger partial charge in [-0.15, -0.1) is 0 Å². The minimum Gasteiger partial charge on any atom is -0.334 e. The lowest BCUT2D eigenvalue weighted by molar-refractivity contribution is -0.143. The number of aromatic nitrogens is 3. The first-order valence-corrected chi connectivity index (χ1v) is 10.2. The van der Waals surface area contributed by atoms with Gasteiger partial charge in [-0.25, -0.2) is 9.50 Å². The number of piperidine rings is 1. The van der Waals surface area contributed by atoms with Crippen molar-refractivity contribution in [3.63, 3.8) is 0 Å². The fraction of sp³-hybridized carbons (Fsp3) is 0.650. The maximum absolute atomic E-state index is 13.5. The van der Waals surface area contributed by atoms with Gasteiger partial charge in [0.05, 0.1) is 11.7 Å². The third kappa shape index (κ3) is 3.49. The summed E-state index contributed by atoms with van der Waals surface area (Å²) in [5.74, 6) is 0.186. The van der Waals surface area contributed by atoms with Crippen molar-refractivity contribution >= 4 is 11.6 Å². The Balaban J connectivity index is 1.73. The molecule has 0 N–H and O–H groups in total. The summed E-state index contributed by atoms with van der Waals surface area (Å²) in [6.07, 6.45) is 2.45. The van der Waals surface area contributed by atoms with Gasteiger partial charge in [0.25, 0.3) is 0 Å². The van der Waals surface area contributed by atoms with Crippen molar-refractivity contribution in [2.75, 3.05) is 6.54 Å². The number of nitrogens with zero attached hydrogens (tertiary/aromatic N) is 4. The molecule has 2 aliphatic rings. The van der Waals surface area contributed by atoms with Gasteiger partial charge in [0.2, 0.25) is 5.91 Å². The maximum atomic E-state index is 13.5. The SMILES string of the molecule is CCc1cc(C(F)(F)F)n2nc([C@@H]3CCCCN3C(=O)C3CCCC3)cc2n1. The molecule has 1 saturated heterocycles. The molecule has 28 heavy (non-hydrogen) atoms. The molecular weight excluding hydrogens is 369 g/mol. The second-order valence-electron chi connectivity index (χ2n) is 7.85. The summed E-state index contributed by atoms with van der Waals surface area (Å²) in [6, 6.07) is 2.42. The monoisotopic (exact) mass is 394 g/mol. The van der Waals surface area contributed by atoms with E-state index in [0.717, 1.165) is 55.5 Å². The molecule has 2 aromatic rings. The smallest absolute Gasteiger partial charge is 0.334 e. The van der Waals surface area contributed by atoms with E-state index in [1.165, 1.54) is 0 Å². The van der Waals surface area contributed by atoms with Gasteiger partial charge in [0, 0.05) is 24.2 Å². The lowest BCUT2D eigenvalue weighted by Crippen LogP contribution is -2.41. The number of alkyl halides is 3. The van der Waals surface area contributed by atoms with Crippen LogP contribution in [0.5, 0.6) is 0 Å². The molecule has 4 rings (SSSR count). The Kier molecular flexibility index (Phi) is 5.05. The Labute approximate surface area is 161 Å². The molecule has 0 unspecified atom stereocenters. The summed E-state index contributed by atoms with van der Waals surface area (Å²) in [5, 5.41) is 4.28. The highest BCUT2D eigenvalue weighted by Gasteiger charge is 2.37. The number of rotatable bonds is 3. The molecule has 1 aliphatic heterocycles. The highest BCUT2D eigenvalue weighted by Crippen LogP contribution is 2.36. The van der Waals surface area contributed by atoms with Crippen molar-refractivity contribution in [2.24, 2.45) is 5.92 Å². The Morgan fingerprint density at radius 1 is 1.14 bits per heavy atom. The number of aryl methyl sites for hydroxylation is 1. The van der Waals surface area contributed by atoms with Gasteiger partial charge in [-0.1, -0.05) is 19.8 Å². The highest BCUT2D eigenvalue weighted by molar-refractivity contribution is 5.79. The van der Waals surface area contributed by atoms with E-state index in [4.69, 9.17) is 0 Å². The first-order chi connectivity index (χ1) is 13.4. The fourth-order valence-electron chi connectivity index (χ4n) is 4.50. The number of carbonyl (C=O) groups excluding carboxylic acids is 1. The van der Waals surface area contributed by atoms with Gasteiger partial charge >= 0.3 is 6.18 Å². The zero-order valence-electron chi connectivity index (χ0n) is 16.0. The topological polar surface area (TPSA) is 50.5 Å². The van der Waals surface area contributed by atoms with E-state index in [2.05, 4.69) is 10.1 Å². The van der Waals surface area contributed by atoms with Crippen molar-refractivity contribution in [2.45, 2.75) is 70.5 Å². The van der Waals surface area contributed by atoms with Gasteiger partial charge in [0.15, 0.2) is 5.65 Å². The third-order valence-corrected chi connectivity index (χ3v) is 5.98. The molecule has 1 saturated carbocycles. The quantitative estimate of drug-likeness (QED) is 0.767. The average molecular weight is 394 g/mol. The normalized spacial score (nSPS) is 21.6. The van der Waals surface area contributed by atoms with E-state index < -0.39 is 11.9 Å². The first kappa shape index (κ1) is 19.2. The molecule has 3 heterocycles. The molecule has 2 aromatic heterocycles. The van der Waals surface area contributed by atoms with Crippen LogP contribution < -0.4 is 0 Å². The minimum atomic E-state index is -4.51. The minimum absolute atomic E-state index is 0.0492. The first-order valence-electron chi connectivity index (χ1n) is 10.2. The molecule has 2 fully saturated rings. The van der Waals surface area contributed by atoms with Gasteiger partial charge in [-0.2, -0.15) is 18.3 Å². The van der Waals surface area contributed by atoms with Crippen molar-refractivity contribution < 1.29 is 18.0 Å². The van der Waals surface area contributed by atoms with E-state index in [-0.39, 0.29) is 23.5 Å². The summed E-state index contributed by atoms with van der Waals surface area (Å²) >= 11 is 0. The molecule has 152 valence electrons. The molecule has 5 nitrogen and oxygen atoms in total. The Hall–Kier alpha value is -2.12. The van der Waals surface area contributed by atoms with E-state index in [1.54, 1.807) is 13.0 Å². The zero-order chi connectivity index (χ0) is 19.9. The number of hydrogen-bond acceptors (Lipinski definition) is 3. The largest absolute Gasteiger partial charge is 0.433 e. The number of fused-ring (bicyclic) bond motifs is 1. The molecule has 0 bridgehead atoms. The maximum Gasteiger partial charge on any atom is 0.433 e. The molecular formula is C20H25F3N4O. The summed E-state index contributed by atoms with van der Waals surface area (Å²) in [4.78, 5) is 19.2. The van der Waals surface area contributed by atoms with E-state index in [0.29, 0.717) is 24.4 Å². The predicted molar refractivity (Wildman–Crippen MR) is 97.6 cm³/mol. The third-order valence-electron chi connectivity index (χ3n) is 5.98. The Morgan fingerprint density at radius 2 is 1.86 bits per heavy atom. The lowest BCUT2D eigenvalue weighted by Gasteiger charge is -2.36. The summed E-state index contributed by atoms with van der Waals surface area (Å²) in [7, 11) is 0. The van der Waals surface area contributed by atoms with Crippen LogP contribution in [0.15, 0.2) is 12.1 Å².